The number of ether oxygens (including phenoxy) is 1. The van der Waals surface area contributed by atoms with E-state index >= 15 is 0 Å². The van der Waals surface area contributed by atoms with Gasteiger partial charge in [0.15, 0.2) is 0 Å². The van der Waals surface area contributed by atoms with E-state index < -0.39 is 5.97 Å². The molecule has 1 saturated carbocycles. The molecule has 0 aromatic carbocycles. The number of furan rings is 1. The highest BCUT2D eigenvalue weighted by Gasteiger charge is 2.28. The summed E-state index contributed by atoms with van der Waals surface area (Å²) in [4.78, 5) is 10.8. The maximum absolute atomic E-state index is 10.8. The van der Waals surface area contributed by atoms with E-state index in [2.05, 4.69) is 5.32 Å². The van der Waals surface area contributed by atoms with Crippen LogP contribution < -0.4 is 5.32 Å². The summed E-state index contributed by atoms with van der Waals surface area (Å²) in [5, 5.41) is 12.1. The fourth-order valence-electron chi connectivity index (χ4n) is 1.83. The van der Waals surface area contributed by atoms with Gasteiger partial charge in [-0.15, -0.1) is 0 Å². The number of methoxy groups -OCH3 is 1. The molecule has 0 amide bonds. The molecule has 0 radical (unpaired) electrons. The Morgan fingerprint density at radius 2 is 2.44 bits per heavy atom. The summed E-state index contributed by atoms with van der Waals surface area (Å²) in [6.45, 7) is 0.454. The number of nitrogens with one attached hydrogen (secondary N) is 1. The van der Waals surface area contributed by atoms with Crippen LogP contribution in [0.3, 0.4) is 0 Å². The minimum Gasteiger partial charge on any atom is -0.478 e. The summed E-state index contributed by atoms with van der Waals surface area (Å²) in [5.41, 5.74) is 0.232. The van der Waals surface area contributed by atoms with Gasteiger partial charge < -0.3 is 19.6 Å². The van der Waals surface area contributed by atoms with Crippen molar-refractivity contribution in [2.75, 3.05) is 7.11 Å². The molecule has 0 aliphatic heterocycles. The van der Waals surface area contributed by atoms with Crippen LogP contribution in [0.1, 0.15) is 29.0 Å². The summed E-state index contributed by atoms with van der Waals surface area (Å²) in [5.74, 6) is -0.470. The fraction of sp³-hybridized carbons (Fsp3) is 0.545. The number of carbonyl (C=O) groups is 1. The molecule has 1 fully saturated rings. The van der Waals surface area contributed by atoms with Crippen LogP contribution in [0.5, 0.6) is 0 Å². The van der Waals surface area contributed by atoms with Crippen LogP contribution in [-0.4, -0.2) is 30.3 Å². The van der Waals surface area contributed by atoms with Gasteiger partial charge in [-0.05, 0) is 18.9 Å². The lowest BCUT2D eigenvalue weighted by Crippen LogP contribution is -2.44. The third-order valence-electron chi connectivity index (χ3n) is 2.96. The van der Waals surface area contributed by atoms with Gasteiger partial charge in [0.05, 0.1) is 18.9 Å². The maximum atomic E-state index is 10.8. The van der Waals surface area contributed by atoms with Gasteiger partial charge in [-0.2, -0.15) is 0 Å². The average molecular weight is 225 g/mol. The molecular formula is C11H15NO4. The van der Waals surface area contributed by atoms with Crippen molar-refractivity contribution < 1.29 is 19.1 Å². The number of rotatable bonds is 5. The molecule has 2 rings (SSSR count). The van der Waals surface area contributed by atoms with E-state index in [4.69, 9.17) is 14.3 Å². The largest absolute Gasteiger partial charge is 0.478 e. The van der Waals surface area contributed by atoms with Crippen LogP contribution in [0.2, 0.25) is 0 Å². The lowest BCUT2D eigenvalue weighted by molar-refractivity contribution is 0.0165. The van der Waals surface area contributed by atoms with Gasteiger partial charge >= 0.3 is 5.97 Å². The average Bonchev–Trinajstić information content (AvgIpc) is 2.64. The van der Waals surface area contributed by atoms with Crippen LogP contribution in [0, 0.1) is 0 Å². The molecule has 0 unspecified atom stereocenters. The molecule has 88 valence electrons. The van der Waals surface area contributed by atoms with Crippen molar-refractivity contribution in [1.82, 2.24) is 5.32 Å². The highest BCUT2D eigenvalue weighted by molar-refractivity contribution is 5.88. The molecule has 1 aromatic rings. The SMILES string of the molecule is COC1CC(NCc2occc2C(=O)O)C1. The van der Waals surface area contributed by atoms with Gasteiger partial charge in [0.1, 0.15) is 11.3 Å². The van der Waals surface area contributed by atoms with E-state index in [9.17, 15) is 4.79 Å². The van der Waals surface area contributed by atoms with Crippen molar-refractivity contribution in [2.45, 2.75) is 31.5 Å². The van der Waals surface area contributed by atoms with Crippen LogP contribution >= 0.6 is 0 Å². The highest BCUT2D eigenvalue weighted by Crippen LogP contribution is 2.23. The Balaban J connectivity index is 1.82. The lowest BCUT2D eigenvalue weighted by Gasteiger charge is -2.34. The first-order valence-corrected chi connectivity index (χ1v) is 5.26. The minimum atomic E-state index is -0.950. The molecule has 1 aliphatic rings. The van der Waals surface area contributed by atoms with E-state index in [1.54, 1.807) is 7.11 Å². The Bertz CT molecular complexity index is 368. The van der Waals surface area contributed by atoms with Crippen molar-refractivity contribution in [3.05, 3.63) is 23.7 Å². The minimum absolute atomic E-state index is 0.232. The molecule has 0 atom stereocenters. The van der Waals surface area contributed by atoms with Gasteiger partial charge in [0.2, 0.25) is 0 Å². The second-order valence-electron chi connectivity index (χ2n) is 3.97. The van der Waals surface area contributed by atoms with Gasteiger partial charge in [-0.1, -0.05) is 0 Å². The number of hydrogen-bond acceptors (Lipinski definition) is 4. The Morgan fingerprint density at radius 1 is 1.69 bits per heavy atom. The zero-order chi connectivity index (χ0) is 11.5. The molecule has 16 heavy (non-hydrogen) atoms. The van der Waals surface area contributed by atoms with Gasteiger partial charge in [0.25, 0.3) is 0 Å². The Kier molecular flexibility index (Phi) is 3.26. The van der Waals surface area contributed by atoms with Crippen molar-refractivity contribution in [1.29, 1.82) is 0 Å². The third kappa shape index (κ3) is 2.25. The van der Waals surface area contributed by atoms with Crippen molar-refractivity contribution >= 4 is 5.97 Å². The Labute approximate surface area is 93.4 Å². The van der Waals surface area contributed by atoms with Crippen molar-refractivity contribution in [2.24, 2.45) is 0 Å². The molecule has 0 spiro atoms. The molecule has 1 heterocycles. The van der Waals surface area contributed by atoms with E-state index in [0.717, 1.165) is 12.8 Å². The summed E-state index contributed by atoms with van der Waals surface area (Å²) in [6, 6.07) is 1.87. The second-order valence-corrected chi connectivity index (χ2v) is 3.97. The van der Waals surface area contributed by atoms with Crippen LogP contribution in [0.25, 0.3) is 0 Å². The molecule has 2 N–H and O–H groups in total. The zero-order valence-corrected chi connectivity index (χ0v) is 9.10. The molecule has 5 nitrogen and oxygen atoms in total. The predicted molar refractivity (Wildman–Crippen MR) is 56.3 cm³/mol. The van der Waals surface area contributed by atoms with Crippen molar-refractivity contribution in [3.8, 4) is 0 Å². The lowest BCUT2D eigenvalue weighted by atomic mass is 9.89. The molecule has 5 heteroatoms. The van der Waals surface area contributed by atoms with Crippen LogP contribution in [-0.2, 0) is 11.3 Å². The highest BCUT2D eigenvalue weighted by atomic mass is 16.5. The smallest absolute Gasteiger partial charge is 0.339 e. The topological polar surface area (TPSA) is 71.7 Å². The van der Waals surface area contributed by atoms with Gasteiger partial charge in [-0.3, -0.25) is 0 Å². The predicted octanol–water partition coefficient (Wildman–Crippen LogP) is 1.24. The number of aromatic carboxylic acids is 1. The molecule has 1 aromatic heterocycles. The summed E-state index contributed by atoms with van der Waals surface area (Å²) in [7, 11) is 1.70. The molecule has 1 aliphatic carbocycles. The quantitative estimate of drug-likeness (QED) is 0.789. The third-order valence-corrected chi connectivity index (χ3v) is 2.96. The van der Waals surface area contributed by atoms with E-state index in [1.165, 1.54) is 12.3 Å². The van der Waals surface area contributed by atoms with Crippen LogP contribution in [0.4, 0.5) is 0 Å². The fourth-order valence-corrected chi connectivity index (χ4v) is 1.83. The first kappa shape index (κ1) is 11.2. The first-order chi connectivity index (χ1) is 7.70. The van der Waals surface area contributed by atoms with Crippen molar-refractivity contribution in [3.63, 3.8) is 0 Å². The summed E-state index contributed by atoms with van der Waals surface area (Å²) >= 11 is 0. The van der Waals surface area contributed by atoms with E-state index in [-0.39, 0.29) is 5.56 Å². The molecule has 0 saturated heterocycles. The maximum Gasteiger partial charge on any atom is 0.339 e. The van der Waals surface area contributed by atoms with E-state index in [1.807, 2.05) is 0 Å². The normalized spacial score (nSPS) is 24.1. The van der Waals surface area contributed by atoms with Crippen LogP contribution in [0.15, 0.2) is 16.7 Å². The Morgan fingerprint density at radius 3 is 3.06 bits per heavy atom. The number of hydrogen-bond donors (Lipinski definition) is 2. The molecule has 0 bridgehead atoms. The number of carboxylic acids is 1. The summed E-state index contributed by atoms with van der Waals surface area (Å²) < 4.78 is 10.3. The second kappa shape index (κ2) is 4.67. The van der Waals surface area contributed by atoms with Gasteiger partial charge in [-0.25, -0.2) is 4.79 Å². The zero-order valence-electron chi connectivity index (χ0n) is 9.10. The molecular weight excluding hydrogens is 210 g/mol. The Hall–Kier alpha value is -1.33. The monoisotopic (exact) mass is 225 g/mol. The summed E-state index contributed by atoms with van der Waals surface area (Å²) in [6.07, 6.45) is 3.69. The van der Waals surface area contributed by atoms with Gasteiger partial charge in [0, 0.05) is 13.2 Å². The number of carboxylic acid groups (broad SMARTS) is 1. The van der Waals surface area contributed by atoms with E-state index in [0.29, 0.717) is 24.5 Å². The standard InChI is InChI=1S/C11H15NO4/c1-15-8-4-7(5-8)12-6-10-9(11(13)14)2-3-16-10/h2-3,7-8,12H,4-6H2,1H3,(H,13,14). The first-order valence-electron chi connectivity index (χ1n) is 5.26.